The van der Waals surface area contributed by atoms with Crippen molar-refractivity contribution in [1.82, 2.24) is 4.98 Å². The van der Waals surface area contributed by atoms with Crippen LogP contribution in [-0.4, -0.2) is 28.4 Å². The van der Waals surface area contributed by atoms with Gasteiger partial charge in [-0.25, -0.2) is 4.39 Å². The molecule has 0 aliphatic carbocycles. The summed E-state index contributed by atoms with van der Waals surface area (Å²) in [5.74, 6) is -2.19. The monoisotopic (exact) mass is 452 g/mol. The number of rotatable bonds is 5. The van der Waals surface area contributed by atoms with Crippen molar-refractivity contribution in [3.8, 4) is 5.75 Å². The summed E-state index contributed by atoms with van der Waals surface area (Å²) in [4.78, 5) is 31.4. The lowest BCUT2D eigenvalue weighted by Gasteiger charge is -2.25. The van der Waals surface area contributed by atoms with Crippen molar-refractivity contribution in [1.29, 1.82) is 0 Å². The van der Waals surface area contributed by atoms with E-state index in [-0.39, 0.29) is 16.2 Å². The topological polar surface area (TPSA) is 79.7 Å². The highest BCUT2D eigenvalue weighted by molar-refractivity contribution is 6.52. The number of aromatic nitrogens is 1. The summed E-state index contributed by atoms with van der Waals surface area (Å²) in [6, 6.07) is 12.2. The molecule has 162 valence electrons. The van der Waals surface area contributed by atoms with Gasteiger partial charge in [-0.15, -0.1) is 0 Å². The highest BCUT2D eigenvalue weighted by Gasteiger charge is 2.47. The van der Waals surface area contributed by atoms with Crippen molar-refractivity contribution in [2.75, 3.05) is 11.5 Å². The van der Waals surface area contributed by atoms with Crippen LogP contribution in [0.25, 0.3) is 5.76 Å². The van der Waals surface area contributed by atoms with Gasteiger partial charge in [-0.1, -0.05) is 11.6 Å². The fraction of sp³-hybridized carbons (Fsp3) is 0.125. The summed E-state index contributed by atoms with van der Waals surface area (Å²) in [6.45, 7) is 2.21. The quantitative estimate of drug-likeness (QED) is 0.338. The number of Topliss-reactive ketones (excluding diaryl/α,β-unsaturated/α-hetero) is 1. The van der Waals surface area contributed by atoms with E-state index in [9.17, 15) is 19.1 Å². The maximum absolute atomic E-state index is 13.5. The molecule has 4 rings (SSSR count). The molecule has 1 aliphatic rings. The van der Waals surface area contributed by atoms with Crippen LogP contribution in [-0.2, 0) is 9.59 Å². The number of amides is 1. The van der Waals surface area contributed by atoms with Crippen LogP contribution in [0, 0.1) is 5.82 Å². The number of carbonyl (C=O) groups is 2. The molecule has 2 aromatic carbocycles. The minimum atomic E-state index is -0.963. The van der Waals surface area contributed by atoms with Gasteiger partial charge < -0.3 is 9.84 Å². The highest BCUT2D eigenvalue weighted by atomic mass is 35.5. The SMILES string of the molecule is CCOc1ccc(Cl)c(/C(O)=C2\C(=O)C(=O)N(c3ccc(F)cc3)C2c2ccncc2)c1. The average Bonchev–Trinajstić information content (AvgIpc) is 3.06. The number of carbonyl (C=O) groups excluding carboxylic acids is 2. The normalized spacial score (nSPS) is 17.6. The van der Waals surface area contributed by atoms with Crippen molar-refractivity contribution in [2.24, 2.45) is 0 Å². The van der Waals surface area contributed by atoms with Crippen LogP contribution < -0.4 is 9.64 Å². The van der Waals surface area contributed by atoms with E-state index < -0.39 is 29.3 Å². The Hall–Kier alpha value is -3.71. The Morgan fingerprint density at radius 1 is 1.12 bits per heavy atom. The van der Waals surface area contributed by atoms with Crippen LogP contribution in [0.15, 0.2) is 72.6 Å². The summed E-state index contributed by atoms with van der Waals surface area (Å²) >= 11 is 6.31. The maximum Gasteiger partial charge on any atom is 0.300 e. The molecule has 1 atom stereocenters. The van der Waals surface area contributed by atoms with Crippen molar-refractivity contribution in [3.05, 3.63) is 94.5 Å². The molecule has 0 bridgehead atoms. The second-order valence-corrected chi connectivity index (χ2v) is 7.41. The number of hydrogen-bond donors (Lipinski definition) is 1. The molecule has 32 heavy (non-hydrogen) atoms. The van der Waals surface area contributed by atoms with Crippen LogP contribution in [0.1, 0.15) is 24.1 Å². The zero-order chi connectivity index (χ0) is 22.8. The van der Waals surface area contributed by atoms with Gasteiger partial charge in [-0.05, 0) is 67.1 Å². The molecule has 1 aliphatic heterocycles. The lowest BCUT2D eigenvalue weighted by molar-refractivity contribution is -0.132. The number of benzene rings is 2. The van der Waals surface area contributed by atoms with Gasteiger partial charge in [-0.3, -0.25) is 19.5 Å². The second-order valence-electron chi connectivity index (χ2n) is 7.00. The van der Waals surface area contributed by atoms with Gasteiger partial charge in [0.05, 0.1) is 23.2 Å². The van der Waals surface area contributed by atoms with E-state index in [0.29, 0.717) is 23.6 Å². The Labute approximate surface area is 188 Å². The van der Waals surface area contributed by atoms with Gasteiger partial charge in [0.15, 0.2) is 0 Å². The highest BCUT2D eigenvalue weighted by Crippen LogP contribution is 2.43. The molecule has 8 heteroatoms. The number of halogens is 2. The fourth-order valence-corrected chi connectivity index (χ4v) is 3.86. The number of hydrogen-bond acceptors (Lipinski definition) is 5. The summed E-state index contributed by atoms with van der Waals surface area (Å²) in [6.07, 6.45) is 3.03. The van der Waals surface area contributed by atoms with Crippen molar-refractivity contribution in [2.45, 2.75) is 13.0 Å². The zero-order valence-corrected chi connectivity index (χ0v) is 17.7. The molecule has 0 spiro atoms. The summed E-state index contributed by atoms with van der Waals surface area (Å²) in [5, 5.41) is 11.4. The first-order valence-electron chi connectivity index (χ1n) is 9.81. The van der Waals surface area contributed by atoms with Gasteiger partial charge in [0.25, 0.3) is 11.7 Å². The predicted octanol–water partition coefficient (Wildman–Crippen LogP) is 4.90. The predicted molar refractivity (Wildman–Crippen MR) is 118 cm³/mol. The van der Waals surface area contributed by atoms with Gasteiger partial charge in [0, 0.05) is 23.6 Å². The molecule has 1 saturated heterocycles. The number of ether oxygens (including phenoxy) is 1. The van der Waals surface area contributed by atoms with Crippen LogP contribution in [0.3, 0.4) is 0 Å². The third-order valence-corrected chi connectivity index (χ3v) is 5.40. The van der Waals surface area contributed by atoms with Crippen LogP contribution in [0.2, 0.25) is 5.02 Å². The van der Waals surface area contributed by atoms with E-state index in [1.54, 1.807) is 24.3 Å². The van der Waals surface area contributed by atoms with Crippen LogP contribution >= 0.6 is 11.6 Å². The minimum Gasteiger partial charge on any atom is -0.507 e. The van der Waals surface area contributed by atoms with E-state index in [4.69, 9.17) is 16.3 Å². The molecule has 3 aromatic rings. The number of anilines is 1. The zero-order valence-electron chi connectivity index (χ0n) is 17.0. The summed E-state index contributed by atoms with van der Waals surface area (Å²) in [7, 11) is 0. The van der Waals surface area contributed by atoms with E-state index in [1.807, 2.05) is 6.92 Å². The molecule has 1 fully saturated rings. The average molecular weight is 453 g/mol. The van der Waals surface area contributed by atoms with Crippen molar-refractivity contribution < 1.29 is 23.8 Å². The molecular formula is C24H18ClFN2O4. The second kappa shape index (κ2) is 8.80. The van der Waals surface area contributed by atoms with Crippen molar-refractivity contribution >= 4 is 34.7 Å². The number of aliphatic hydroxyl groups excluding tert-OH is 1. The Bertz CT molecular complexity index is 1210. The third-order valence-electron chi connectivity index (χ3n) is 5.08. The molecular weight excluding hydrogens is 435 g/mol. The third kappa shape index (κ3) is 3.83. The van der Waals surface area contributed by atoms with Crippen molar-refractivity contribution in [3.63, 3.8) is 0 Å². The molecule has 1 N–H and O–H groups in total. The van der Waals surface area contributed by atoms with Crippen LogP contribution in [0.4, 0.5) is 10.1 Å². The molecule has 2 heterocycles. The smallest absolute Gasteiger partial charge is 0.300 e. The number of aliphatic hydroxyl groups is 1. The van der Waals surface area contributed by atoms with E-state index in [0.717, 1.165) is 0 Å². The molecule has 0 radical (unpaired) electrons. The standard InChI is InChI=1S/C24H18ClFN2O4/c1-2-32-17-7-8-19(25)18(13-17)22(29)20-21(14-9-11-27-12-10-14)28(24(31)23(20)30)16-5-3-15(26)4-6-16/h3-13,21,29H,2H2,1H3/b22-20+. The molecule has 1 amide bonds. The van der Waals surface area contributed by atoms with Gasteiger partial charge in [0.1, 0.15) is 17.3 Å². The lowest BCUT2D eigenvalue weighted by atomic mass is 9.95. The summed E-state index contributed by atoms with van der Waals surface area (Å²) < 4.78 is 19.0. The first-order valence-corrected chi connectivity index (χ1v) is 10.2. The molecule has 0 saturated carbocycles. The number of ketones is 1. The van der Waals surface area contributed by atoms with Crippen LogP contribution in [0.5, 0.6) is 5.75 Å². The Morgan fingerprint density at radius 2 is 1.81 bits per heavy atom. The van der Waals surface area contributed by atoms with E-state index in [1.165, 1.54) is 47.6 Å². The Kier molecular flexibility index (Phi) is 5.92. The first kappa shape index (κ1) is 21.5. The molecule has 1 aromatic heterocycles. The minimum absolute atomic E-state index is 0.138. The van der Waals surface area contributed by atoms with Gasteiger partial charge in [0.2, 0.25) is 0 Å². The largest absolute Gasteiger partial charge is 0.507 e. The van der Waals surface area contributed by atoms with Gasteiger partial charge >= 0.3 is 0 Å². The lowest BCUT2D eigenvalue weighted by Crippen LogP contribution is -2.29. The number of pyridine rings is 1. The fourth-order valence-electron chi connectivity index (χ4n) is 3.65. The molecule has 6 nitrogen and oxygen atoms in total. The van der Waals surface area contributed by atoms with Gasteiger partial charge in [-0.2, -0.15) is 0 Å². The Morgan fingerprint density at radius 3 is 2.47 bits per heavy atom. The number of nitrogens with zero attached hydrogens (tertiary/aromatic N) is 2. The van der Waals surface area contributed by atoms with E-state index in [2.05, 4.69) is 4.98 Å². The first-order chi connectivity index (χ1) is 15.4. The molecule has 1 unspecified atom stereocenters. The maximum atomic E-state index is 13.5. The van der Waals surface area contributed by atoms with E-state index >= 15 is 0 Å². The Balaban J connectivity index is 1.94. The summed E-state index contributed by atoms with van der Waals surface area (Å²) in [5.41, 5.74) is 0.875.